The minimum absolute atomic E-state index is 0.143. The van der Waals surface area contributed by atoms with Crippen LogP contribution in [0.2, 0.25) is 0 Å². The molecule has 0 saturated heterocycles. The normalized spacial score (nSPS) is 14.1. The Hall–Kier alpha value is -2.55. The maximum atomic E-state index is 11.5. The lowest BCUT2D eigenvalue weighted by atomic mass is 9.97. The van der Waals surface area contributed by atoms with Gasteiger partial charge in [0.2, 0.25) is 11.6 Å². The van der Waals surface area contributed by atoms with E-state index < -0.39 is 4.92 Å². The number of hydrogen-bond acceptors (Lipinski definition) is 8. The van der Waals surface area contributed by atoms with E-state index in [0.717, 1.165) is 19.3 Å². The second-order valence-electron chi connectivity index (χ2n) is 5.42. The summed E-state index contributed by atoms with van der Waals surface area (Å²) >= 11 is 1.35. The highest BCUT2D eigenvalue weighted by molar-refractivity contribution is 7.13. The van der Waals surface area contributed by atoms with E-state index in [1.165, 1.54) is 36.1 Å². The zero-order chi connectivity index (χ0) is 16.8. The van der Waals surface area contributed by atoms with E-state index in [-0.39, 0.29) is 17.3 Å². The molecule has 0 atom stereocenters. The lowest BCUT2D eigenvalue weighted by Crippen LogP contribution is -2.10. The summed E-state index contributed by atoms with van der Waals surface area (Å²) in [5.41, 5.74) is 1.25. The number of allylic oxidation sites excluding steroid dienone is 1. The van der Waals surface area contributed by atoms with Crippen molar-refractivity contribution >= 4 is 33.8 Å². The van der Waals surface area contributed by atoms with Crippen LogP contribution in [-0.2, 0) is 0 Å². The molecule has 8 nitrogen and oxygen atoms in total. The Morgan fingerprint density at radius 1 is 1.25 bits per heavy atom. The van der Waals surface area contributed by atoms with E-state index in [2.05, 4.69) is 31.7 Å². The van der Waals surface area contributed by atoms with Crippen molar-refractivity contribution in [2.75, 3.05) is 17.2 Å². The average molecular weight is 346 g/mol. The average Bonchev–Trinajstić information content (AvgIpc) is 3.09. The molecule has 0 fully saturated rings. The van der Waals surface area contributed by atoms with Crippen LogP contribution < -0.4 is 10.6 Å². The fourth-order valence-corrected chi connectivity index (χ4v) is 3.16. The summed E-state index contributed by atoms with van der Waals surface area (Å²) in [6.07, 6.45) is 10.8. The van der Waals surface area contributed by atoms with E-state index >= 15 is 0 Å². The van der Waals surface area contributed by atoms with Gasteiger partial charge in [-0.1, -0.05) is 11.6 Å². The number of nitrogens with one attached hydrogen (secondary N) is 2. The van der Waals surface area contributed by atoms with E-state index in [1.807, 2.05) is 0 Å². The van der Waals surface area contributed by atoms with Gasteiger partial charge in [-0.15, -0.1) is 11.3 Å². The molecular formula is C15H18N6O2S. The van der Waals surface area contributed by atoms with Gasteiger partial charge in [0.1, 0.15) is 6.33 Å². The van der Waals surface area contributed by atoms with Gasteiger partial charge in [-0.25, -0.2) is 15.0 Å². The number of thiazole rings is 1. The van der Waals surface area contributed by atoms with Crippen LogP contribution in [0.25, 0.3) is 0 Å². The largest absolute Gasteiger partial charge is 0.364 e. The molecule has 0 aliphatic heterocycles. The van der Waals surface area contributed by atoms with Crippen molar-refractivity contribution in [1.82, 2.24) is 15.0 Å². The summed E-state index contributed by atoms with van der Waals surface area (Å²) in [6.45, 7) is 0.611. The molecule has 2 heterocycles. The van der Waals surface area contributed by atoms with Gasteiger partial charge in [-0.05, 0) is 32.1 Å². The Morgan fingerprint density at radius 3 is 2.83 bits per heavy atom. The predicted molar refractivity (Wildman–Crippen MR) is 93.7 cm³/mol. The van der Waals surface area contributed by atoms with Crippen LogP contribution in [0.4, 0.5) is 22.5 Å². The summed E-state index contributed by atoms with van der Waals surface area (Å²) in [4.78, 5) is 23.1. The van der Waals surface area contributed by atoms with Gasteiger partial charge in [-0.3, -0.25) is 10.1 Å². The minimum Gasteiger partial charge on any atom is -0.364 e. The van der Waals surface area contributed by atoms with Crippen LogP contribution in [-0.4, -0.2) is 26.4 Å². The third-order valence-corrected chi connectivity index (χ3v) is 4.47. The molecule has 2 N–H and O–H groups in total. The lowest BCUT2D eigenvalue weighted by Gasteiger charge is -2.13. The highest BCUT2D eigenvalue weighted by atomic mass is 32.1. The summed E-state index contributed by atoms with van der Waals surface area (Å²) in [5, 5.41) is 19.7. The van der Waals surface area contributed by atoms with Gasteiger partial charge in [0.15, 0.2) is 5.13 Å². The van der Waals surface area contributed by atoms with E-state index in [9.17, 15) is 10.1 Å². The molecule has 2 aromatic rings. The van der Waals surface area contributed by atoms with Gasteiger partial charge < -0.3 is 10.6 Å². The summed E-state index contributed by atoms with van der Waals surface area (Å²) in [5.74, 6) is 0.370. The third-order valence-electron chi connectivity index (χ3n) is 3.79. The highest BCUT2D eigenvalue weighted by Crippen LogP contribution is 2.31. The Morgan fingerprint density at radius 2 is 2.12 bits per heavy atom. The van der Waals surface area contributed by atoms with Gasteiger partial charge in [0, 0.05) is 18.1 Å². The van der Waals surface area contributed by atoms with Crippen molar-refractivity contribution in [3.63, 3.8) is 0 Å². The molecule has 0 radical (unpaired) electrons. The highest BCUT2D eigenvalue weighted by Gasteiger charge is 2.23. The van der Waals surface area contributed by atoms with Crippen molar-refractivity contribution in [3.8, 4) is 0 Å². The minimum atomic E-state index is -0.474. The first-order valence-electron chi connectivity index (χ1n) is 7.81. The first kappa shape index (κ1) is 16.3. The SMILES string of the molecule is O=[N+]([O-])c1c(NCCC2=CCCCC2)ncnc1Nc1nccs1. The fraction of sp³-hybridized carbons (Fsp3) is 0.400. The molecule has 1 aliphatic carbocycles. The molecule has 126 valence electrons. The lowest BCUT2D eigenvalue weighted by molar-refractivity contribution is -0.383. The Labute approximate surface area is 143 Å². The van der Waals surface area contributed by atoms with Crippen LogP contribution in [0.5, 0.6) is 0 Å². The first-order valence-corrected chi connectivity index (χ1v) is 8.69. The van der Waals surface area contributed by atoms with Gasteiger partial charge in [0.05, 0.1) is 4.92 Å². The zero-order valence-electron chi connectivity index (χ0n) is 13.1. The molecule has 0 spiro atoms. The van der Waals surface area contributed by atoms with Crippen LogP contribution in [0.15, 0.2) is 29.6 Å². The molecular weight excluding hydrogens is 328 g/mol. The number of nitro groups is 1. The number of rotatable bonds is 7. The topological polar surface area (TPSA) is 106 Å². The molecule has 0 amide bonds. The quantitative estimate of drug-likeness (QED) is 0.445. The number of nitrogens with zero attached hydrogens (tertiary/aromatic N) is 4. The van der Waals surface area contributed by atoms with Crippen LogP contribution >= 0.6 is 11.3 Å². The van der Waals surface area contributed by atoms with E-state index in [4.69, 9.17) is 0 Å². The fourth-order valence-electron chi connectivity index (χ4n) is 2.63. The molecule has 9 heteroatoms. The zero-order valence-corrected chi connectivity index (χ0v) is 13.9. The predicted octanol–water partition coefficient (Wildman–Crippen LogP) is 3.89. The van der Waals surface area contributed by atoms with Crippen molar-refractivity contribution in [2.24, 2.45) is 0 Å². The van der Waals surface area contributed by atoms with Crippen LogP contribution in [0, 0.1) is 10.1 Å². The molecule has 0 bridgehead atoms. The second kappa shape index (κ2) is 7.82. The van der Waals surface area contributed by atoms with Crippen molar-refractivity contribution < 1.29 is 4.92 Å². The summed E-state index contributed by atoms with van der Waals surface area (Å²) < 4.78 is 0. The molecule has 24 heavy (non-hydrogen) atoms. The number of aromatic nitrogens is 3. The Balaban J connectivity index is 1.72. The Bertz CT molecular complexity index is 732. The maximum Gasteiger partial charge on any atom is 0.353 e. The standard InChI is InChI=1S/C15H18N6O2S/c22-21(23)12-13(16-7-6-11-4-2-1-3-5-11)18-10-19-14(12)20-15-17-8-9-24-15/h4,8-10H,1-3,5-7H2,(H2,16,17,18,19,20). The number of anilines is 3. The molecule has 1 aliphatic rings. The maximum absolute atomic E-state index is 11.5. The molecule has 3 rings (SSSR count). The van der Waals surface area contributed by atoms with Crippen molar-refractivity contribution in [2.45, 2.75) is 32.1 Å². The van der Waals surface area contributed by atoms with Crippen LogP contribution in [0.3, 0.4) is 0 Å². The first-order chi connectivity index (χ1) is 11.7. The smallest absolute Gasteiger partial charge is 0.353 e. The van der Waals surface area contributed by atoms with Gasteiger partial charge in [-0.2, -0.15) is 0 Å². The monoisotopic (exact) mass is 346 g/mol. The molecule has 2 aromatic heterocycles. The van der Waals surface area contributed by atoms with Gasteiger partial charge >= 0.3 is 5.69 Å². The van der Waals surface area contributed by atoms with Crippen molar-refractivity contribution in [1.29, 1.82) is 0 Å². The van der Waals surface area contributed by atoms with E-state index in [0.29, 0.717) is 11.7 Å². The Kier molecular flexibility index (Phi) is 5.32. The molecule has 0 aromatic carbocycles. The summed E-state index contributed by atoms with van der Waals surface area (Å²) in [6, 6.07) is 0. The van der Waals surface area contributed by atoms with Crippen molar-refractivity contribution in [3.05, 3.63) is 39.7 Å². The second-order valence-corrected chi connectivity index (χ2v) is 6.32. The van der Waals surface area contributed by atoms with Gasteiger partial charge in [0.25, 0.3) is 0 Å². The number of hydrogen-bond donors (Lipinski definition) is 2. The molecule has 0 unspecified atom stereocenters. The molecule has 0 saturated carbocycles. The van der Waals surface area contributed by atoms with E-state index in [1.54, 1.807) is 11.6 Å². The third kappa shape index (κ3) is 4.05. The summed E-state index contributed by atoms with van der Waals surface area (Å²) in [7, 11) is 0. The van der Waals surface area contributed by atoms with Crippen LogP contribution in [0.1, 0.15) is 32.1 Å².